The van der Waals surface area contributed by atoms with Crippen LogP contribution in [0.3, 0.4) is 0 Å². The van der Waals surface area contributed by atoms with Gasteiger partial charge in [-0.25, -0.2) is 4.98 Å². The highest BCUT2D eigenvalue weighted by molar-refractivity contribution is 5.80. The summed E-state index contributed by atoms with van der Waals surface area (Å²) in [5, 5.41) is 2.94. The molecule has 33 heavy (non-hydrogen) atoms. The Morgan fingerprint density at radius 1 is 1.09 bits per heavy atom. The maximum absolute atomic E-state index is 12.7. The Morgan fingerprint density at radius 2 is 1.88 bits per heavy atom. The zero-order valence-corrected chi connectivity index (χ0v) is 18.4. The van der Waals surface area contributed by atoms with Crippen molar-refractivity contribution in [2.45, 2.75) is 26.1 Å². The van der Waals surface area contributed by atoms with Crippen LogP contribution < -0.4 is 20.3 Å². The van der Waals surface area contributed by atoms with Gasteiger partial charge in [0.25, 0.3) is 5.56 Å². The molecular formula is C25H24N4O4. The zero-order valence-electron chi connectivity index (χ0n) is 18.4. The molecule has 0 bridgehead atoms. The normalized spacial score (nSPS) is 11.7. The average Bonchev–Trinajstić information content (AvgIpc) is 2.85. The Labute approximate surface area is 190 Å². The second-order valence-corrected chi connectivity index (χ2v) is 7.51. The molecule has 0 aliphatic heterocycles. The molecule has 0 aliphatic carbocycles. The lowest BCUT2D eigenvalue weighted by atomic mass is 10.1. The number of methoxy groups -OCH3 is 1. The van der Waals surface area contributed by atoms with Crippen molar-refractivity contribution in [2.24, 2.45) is 0 Å². The van der Waals surface area contributed by atoms with Gasteiger partial charge in [0.05, 0.1) is 30.4 Å². The van der Waals surface area contributed by atoms with Gasteiger partial charge < -0.3 is 14.8 Å². The predicted molar refractivity (Wildman–Crippen MR) is 124 cm³/mol. The number of hydrogen-bond acceptors (Lipinski definition) is 6. The monoisotopic (exact) mass is 444 g/mol. The summed E-state index contributed by atoms with van der Waals surface area (Å²) < 4.78 is 12.8. The third-order valence-corrected chi connectivity index (χ3v) is 5.26. The van der Waals surface area contributed by atoms with Gasteiger partial charge in [-0.3, -0.25) is 19.1 Å². The summed E-state index contributed by atoms with van der Waals surface area (Å²) in [5.41, 5.74) is 2.79. The second kappa shape index (κ2) is 9.95. The van der Waals surface area contributed by atoms with Crippen molar-refractivity contribution in [3.05, 3.63) is 94.7 Å². The van der Waals surface area contributed by atoms with Gasteiger partial charge in [-0.1, -0.05) is 18.2 Å². The first-order chi connectivity index (χ1) is 16.0. The first-order valence-corrected chi connectivity index (χ1v) is 10.5. The molecule has 0 spiro atoms. The van der Waals surface area contributed by atoms with Gasteiger partial charge in [0.2, 0.25) is 5.91 Å². The summed E-state index contributed by atoms with van der Waals surface area (Å²) in [7, 11) is 1.57. The van der Waals surface area contributed by atoms with Gasteiger partial charge in [-0.05, 0) is 54.4 Å². The molecule has 1 unspecified atom stereocenters. The van der Waals surface area contributed by atoms with Crippen LogP contribution in [0.5, 0.6) is 11.5 Å². The fourth-order valence-corrected chi connectivity index (χ4v) is 3.50. The molecule has 4 rings (SSSR count). The van der Waals surface area contributed by atoms with Crippen molar-refractivity contribution < 1.29 is 14.3 Å². The number of carbonyl (C=O) groups excluding carboxylic acids is 1. The van der Waals surface area contributed by atoms with E-state index >= 15 is 0 Å². The Bertz CT molecular complexity index is 1320. The Kier molecular flexibility index (Phi) is 6.64. The van der Waals surface area contributed by atoms with Crippen LogP contribution in [0.25, 0.3) is 11.0 Å². The molecule has 0 aliphatic rings. The Balaban J connectivity index is 1.45. The van der Waals surface area contributed by atoms with E-state index in [1.165, 1.54) is 10.8 Å². The topological polar surface area (TPSA) is 95.3 Å². The average molecular weight is 444 g/mol. The summed E-state index contributed by atoms with van der Waals surface area (Å²) in [5.74, 6) is 0.892. The molecule has 0 saturated carbocycles. The van der Waals surface area contributed by atoms with Crippen LogP contribution in [0.15, 0.2) is 78.0 Å². The summed E-state index contributed by atoms with van der Waals surface area (Å²) in [6.07, 6.45) is 4.66. The van der Waals surface area contributed by atoms with E-state index in [0.717, 1.165) is 11.1 Å². The molecule has 0 saturated heterocycles. The highest BCUT2D eigenvalue weighted by Gasteiger charge is 2.15. The van der Waals surface area contributed by atoms with Crippen molar-refractivity contribution in [1.29, 1.82) is 0 Å². The second-order valence-electron chi connectivity index (χ2n) is 7.51. The van der Waals surface area contributed by atoms with Crippen LogP contribution >= 0.6 is 0 Å². The highest BCUT2D eigenvalue weighted by atomic mass is 16.5. The third-order valence-electron chi connectivity index (χ3n) is 5.26. The van der Waals surface area contributed by atoms with Crippen LogP contribution in [0, 0.1) is 0 Å². The van der Waals surface area contributed by atoms with Crippen molar-refractivity contribution in [3.63, 3.8) is 0 Å². The van der Waals surface area contributed by atoms with Gasteiger partial charge in [-0.15, -0.1) is 0 Å². The van der Waals surface area contributed by atoms with Crippen molar-refractivity contribution in [2.75, 3.05) is 7.11 Å². The third kappa shape index (κ3) is 5.17. The van der Waals surface area contributed by atoms with Gasteiger partial charge in [0, 0.05) is 12.4 Å². The van der Waals surface area contributed by atoms with Crippen molar-refractivity contribution in [1.82, 2.24) is 19.9 Å². The fourth-order valence-electron chi connectivity index (χ4n) is 3.50. The minimum absolute atomic E-state index is 0.101. The smallest absolute Gasteiger partial charge is 0.269 e. The summed E-state index contributed by atoms with van der Waals surface area (Å²) in [4.78, 5) is 33.1. The highest BCUT2D eigenvalue weighted by Crippen LogP contribution is 2.31. The van der Waals surface area contributed by atoms with Gasteiger partial charge in [0.1, 0.15) is 13.2 Å². The summed E-state index contributed by atoms with van der Waals surface area (Å²) in [6.45, 7) is 2.16. The number of para-hydroxylation sites is 2. The van der Waals surface area contributed by atoms with Gasteiger partial charge >= 0.3 is 0 Å². The number of nitrogens with one attached hydrogen (secondary N) is 1. The number of amides is 1. The number of pyridine rings is 1. The maximum atomic E-state index is 12.7. The standard InChI is InChI=1S/C25H24N4O4/c1-17(28-24(30)15-29-21-6-4-3-5-20(21)27-14-25(29)31)19-7-8-22(23(13-19)32-2)33-16-18-9-11-26-12-10-18/h3-14,17H,15-16H2,1-2H3,(H,28,30). The van der Waals surface area contributed by atoms with Crippen LogP contribution in [0.2, 0.25) is 0 Å². The predicted octanol–water partition coefficient (Wildman–Crippen LogP) is 3.26. The Hall–Kier alpha value is -4.20. The van der Waals surface area contributed by atoms with E-state index in [4.69, 9.17) is 9.47 Å². The molecule has 2 aromatic heterocycles. The summed E-state index contributed by atoms with van der Waals surface area (Å²) >= 11 is 0. The van der Waals surface area contributed by atoms with E-state index in [2.05, 4.69) is 15.3 Å². The van der Waals surface area contributed by atoms with Crippen molar-refractivity contribution >= 4 is 16.9 Å². The van der Waals surface area contributed by atoms with Crippen LogP contribution in [-0.2, 0) is 17.9 Å². The molecule has 8 nitrogen and oxygen atoms in total. The molecule has 0 radical (unpaired) electrons. The first-order valence-electron chi connectivity index (χ1n) is 10.5. The maximum Gasteiger partial charge on any atom is 0.269 e. The van der Waals surface area contributed by atoms with Crippen LogP contribution in [0.4, 0.5) is 0 Å². The van der Waals surface area contributed by atoms with Crippen molar-refractivity contribution in [3.8, 4) is 11.5 Å². The number of fused-ring (bicyclic) bond motifs is 1. The van der Waals surface area contributed by atoms with E-state index in [0.29, 0.717) is 29.1 Å². The Morgan fingerprint density at radius 3 is 2.67 bits per heavy atom. The van der Waals surface area contributed by atoms with E-state index < -0.39 is 0 Å². The largest absolute Gasteiger partial charge is 0.493 e. The number of nitrogens with zero attached hydrogens (tertiary/aromatic N) is 3. The molecule has 0 fully saturated rings. The fraction of sp³-hybridized carbons (Fsp3) is 0.200. The lowest BCUT2D eigenvalue weighted by molar-refractivity contribution is -0.122. The number of hydrogen-bond donors (Lipinski definition) is 1. The molecule has 4 aromatic rings. The first kappa shape index (κ1) is 22.0. The lowest BCUT2D eigenvalue weighted by Gasteiger charge is -2.18. The van der Waals surface area contributed by atoms with Crippen LogP contribution in [-0.4, -0.2) is 27.6 Å². The number of benzene rings is 2. The zero-order chi connectivity index (χ0) is 23.2. The number of ether oxygens (including phenoxy) is 2. The molecule has 1 N–H and O–H groups in total. The molecule has 2 heterocycles. The van der Waals surface area contributed by atoms with Gasteiger partial charge in [-0.2, -0.15) is 0 Å². The van der Waals surface area contributed by atoms with E-state index in [-0.39, 0.29) is 24.1 Å². The quantitative estimate of drug-likeness (QED) is 0.448. The minimum atomic E-state index is -0.325. The SMILES string of the molecule is COc1cc(C(C)NC(=O)Cn2c(=O)cnc3ccccc32)ccc1OCc1ccncc1. The van der Waals surface area contributed by atoms with Crippen LogP contribution in [0.1, 0.15) is 24.1 Å². The molecule has 1 atom stereocenters. The summed E-state index contributed by atoms with van der Waals surface area (Å²) in [6, 6.07) is 16.2. The number of carbonyl (C=O) groups is 1. The van der Waals surface area contributed by atoms with E-state index in [9.17, 15) is 9.59 Å². The van der Waals surface area contributed by atoms with E-state index in [1.807, 2.05) is 49.4 Å². The molecule has 8 heteroatoms. The van der Waals surface area contributed by atoms with Gasteiger partial charge in [0.15, 0.2) is 11.5 Å². The molecule has 168 valence electrons. The lowest BCUT2D eigenvalue weighted by Crippen LogP contribution is -2.34. The molecule has 1 amide bonds. The minimum Gasteiger partial charge on any atom is -0.493 e. The molecular weight excluding hydrogens is 420 g/mol. The number of rotatable bonds is 8. The number of aromatic nitrogens is 3. The molecule has 2 aromatic carbocycles. The van der Waals surface area contributed by atoms with E-state index in [1.54, 1.807) is 31.6 Å².